The van der Waals surface area contributed by atoms with Crippen LogP contribution in [0, 0.1) is 0 Å². The normalized spacial score (nSPS) is 27.8. The van der Waals surface area contributed by atoms with Crippen molar-refractivity contribution in [3.8, 4) is 0 Å². The summed E-state index contributed by atoms with van der Waals surface area (Å²) in [6, 6.07) is 3.78. The second kappa shape index (κ2) is 7.51. The Bertz CT molecular complexity index is 540. The third kappa shape index (κ3) is 4.08. The number of halogens is 1. The van der Waals surface area contributed by atoms with Crippen molar-refractivity contribution in [3.63, 3.8) is 0 Å². The molecule has 2 heterocycles. The minimum atomic E-state index is 0. The van der Waals surface area contributed by atoms with Crippen LogP contribution in [0.15, 0.2) is 11.4 Å². The van der Waals surface area contributed by atoms with E-state index >= 15 is 0 Å². The fourth-order valence-electron chi connectivity index (χ4n) is 3.35. The van der Waals surface area contributed by atoms with Gasteiger partial charge in [0.05, 0.1) is 5.56 Å². The van der Waals surface area contributed by atoms with Gasteiger partial charge in [-0.25, -0.2) is 0 Å². The quantitative estimate of drug-likeness (QED) is 0.852. The van der Waals surface area contributed by atoms with E-state index in [1.807, 2.05) is 5.38 Å². The molecule has 2 saturated carbocycles. The molecule has 2 atom stereocenters. The monoisotopic (exact) mass is 356 g/mol. The summed E-state index contributed by atoms with van der Waals surface area (Å²) in [6.07, 6.45) is 7.15. The first-order valence-electron chi connectivity index (χ1n) is 8.52. The van der Waals surface area contributed by atoms with E-state index in [-0.39, 0.29) is 24.4 Å². The summed E-state index contributed by atoms with van der Waals surface area (Å²) >= 11 is 1.74. The van der Waals surface area contributed by atoms with Crippen molar-refractivity contribution in [2.45, 2.75) is 62.6 Å². The van der Waals surface area contributed by atoms with Gasteiger partial charge in [-0.2, -0.15) is 0 Å². The third-order valence-corrected chi connectivity index (χ3v) is 6.21. The molecule has 0 bridgehead atoms. The Morgan fingerprint density at radius 1 is 1.17 bits per heavy atom. The number of hydrogen-bond donors (Lipinski definition) is 2. The SMILES string of the molecule is Cl.O=C(NC1CCOCC1)c1csc([C@H]2C[C@@H]2NC2CCC2)c1. The van der Waals surface area contributed by atoms with E-state index in [1.54, 1.807) is 11.3 Å². The van der Waals surface area contributed by atoms with Crippen molar-refractivity contribution in [1.29, 1.82) is 0 Å². The number of thiophene rings is 1. The standard InChI is InChI=1S/C17H24N2O2S.ClH/c20-17(19-13-4-6-21-7-5-13)11-8-16(22-10-11)14-9-15(14)18-12-2-1-3-12;/h8,10,12-15,18H,1-7,9H2,(H,19,20);1H/t14-,15-;/m0./s1. The van der Waals surface area contributed by atoms with Crippen LogP contribution in [-0.4, -0.2) is 37.2 Å². The first-order chi connectivity index (χ1) is 10.8. The van der Waals surface area contributed by atoms with Crippen molar-refractivity contribution >= 4 is 29.7 Å². The van der Waals surface area contributed by atoms with Gasteiger partial charge < -0.3 is 15.4 Å². The Kier molecular flexibility index (Phi) is 5.62. The maximum atomic E-state index is 12.3. The van der Waals surface area contributed by atoms with E-state index in [0.29, 0.717) is 12.0 Å². The smallest absolute Gasteiger partial charge is 0.252 e. The third-order valence-electron chi connectivity index (χ3n) is 5.15. The summed E-state index contributed by atoms with van der Waals surface area (Å²) in [5.74, 6) is 0.716. The summed E-state index contributed by atoms with van der Waals surface area (Å²) in [4.78, 5) is 13.7. The van der Waals surface area contributed by atoms with Crippen LogP contribution in [0.2, 0.25) is 0 Å². The van der Waals surface area contributed by atoms with Gasteiger partial charge in [0.15, 0.2) is 0 Å². The number of carbonyl (C=O) groups excluding carboxylic acids is 1. The molecule has 1 aromatic heterocycles. The van der Waals surface area contributed by atoms with E-state index in [4.69, 9.17) is 4.74 Å². The van der Waals surface area contributed by atoms with Crippen LogP contribution in [0.1, 0.15) is 59.7 Å². The molecular weight excluding hydrogens is 332 g/mol. The number of hydrogen-bond acceptors (Lipinski definition) is 4. The Morgan fingerprint density at radius 3 is 2.65 bits per heavy atom. The van der Waals surface area contributed by atoms with Gasteiger partial charge in [0.1, 0.15) is 0 Å². The minimum absolute atomic E-state index is 0. The molecule has 23 heavy (non-hydrogen) atoms. The van der Waals surface area contributed by atoms with E-state index in [2.05, 4.69) is 16.7 Å². The first kappa shape index (κ1) is 17.2. The van der Waals surface area contributed by atoms with Crippen LogP contribution in [0.5, 0.6) is 0 Å². The van der Waals surface area contributed by atoms with Crippen LogP contribution in [0.4, 0.5) is 0 Å². The number of rotatable bonds is 5. The molecule has 4 rings (SSSR count). The van der Waals surface area contributed by atoms with Crippen molar-refractivity contribution in [3.05, 3.63) is 21.9 Å². The summed E-state index contributed by atoms with van der Waals surface area (Å²) in [7, 11) is 0. The summed E-state index contributed by atoms with van der Waals surface area (Å²) < 4.78 is 5.33. The number of ether oxygens (including phenoxy) is 1. The molecule has 2 N–H and O–H groups in total. The summed E-state index contributed by atoms with van der Waals surface area (Å²) in [5.41, 5.74) is 0.834. The molecule has 0 spiro atoms. The van der Waals surface area contributed by atoms with Crippen LogP contribution in [0.3, 0.4) is 0 Å². The van der Waals surface area contributed by atoms with E-state index < -0.39 is 0 Å². The van der Waals surface area contributed by atoms with E-state index in [0.717, 1.165) is 37.7 Å². The Morgan fingerprint density at radius 2 is 1.96 bits per heavy atom. The Hall–Kier alpha value is -0.620. The fraction of sp³-hybridized carbons (Fsp3) is 0.706. The number of nitrogens with one attached hydrogen (secondary N) is 2. The maximum absolute atomic E-state index is 12.3. The van der Waals surface area contributed by atoms with Gasteiger partial charge in [0.25, 0.3) is 5.91 Å². The van der Waals surface area contributed by atoms with Gasteiger partial charge in [0.2, 0.25) is 0 Å². The zero-order valence-corrected chi connectivity index (χ0v) is 14.9. The topological polar surface area (TPSA) is 50.4 Å². The lowest BCUT2D eigenvalue weighted by molar-refractivity contribution is 0.0696. The number of carbonyl (C=O) groups is 1. The van der Waals surface area contributed by atoms with Crippen molar-refractivity contribution < 1.29 is 9.53 Å². The fourth-order valence-corrected chi connectivity index (χ4v) is 4.42. The molecule has 4 nitrogen and oxygen atoms in total. The number of amides is 1. The highest BCUT2D eigenvalue weighted by atomic mass is 35.5. The van der Waals surface area contributed by atoms with Gasteiger partial charge in [0, 0.05) is 47.5 Å². The highest BCUT2D eigenvalue weighted by Gasteiger charge is 2.41. The molecular formula is C17H25ClN2O2S. The largest absolute Gasteiger partial charge is 0.381 e. The highest BCUT2D eigenvalue weighted by Crippen LogP contribution is 2.44. The molecule has 1 saturated heterocycles. The minimum Gasteiger partial charge on any atom is -0.381 e. The zero-order chi connectivity index (χ0) is 14.9. The molecule has 1 amide bonds. The average Bonchev–Trinajstić information content (AvgIpc) is 3.08. The molecule has 6 heteroatoms. The second-order valence-corrected chi connectivity index (χ2v) is 7.78. The molecule has 0 unspecified atom stereocenters. The predicted molar refractivity (Wildman–Crippen MR) is 94.8 cm³/mol. The molecule has 1 aliphatic heterocycles. The molecule has 1 aromatic rings. The lowest BCUT2D eigenvalue weighted by Gasteiger charge is -2.26. The first-order valence-corrected chi connectivity index (χ1v) is 9.40. The van der Waals surface area contributed by atoms with Gasteiger partial charge >= 0.3 is 0 Å². The van der Waals surface area contributed by atoms with Crippen LogP contribution >= 0.6 is 23.7 Å². The average molecular weight is 357 g/mol. The van der Waals surface area contributed by atoms with Gasteiger partial charge in [-0.1, -0.05) is 6.42 Å². The van der Waals surface area contributed by atoms with Crippen molar-refractivity contribution in [2.75, 3.05) is 13.2 Å². The molecule has 3 fully saturated rings. The predicted octanol–water partition coefficient (Wildman–Crippen LogP) is 3.08. The summed E-state index contributed by atoms with van der Waals surface area (Å²) in [6.45, 7) is 1.52. The van der Waals surface area contributed by atoms with Gasteiger partial charge in [-0.05, 0) is 38.2 Å². The van der Waals surface area contributed by atoms with Gasteiger partial charge in [-0.3, -0.25) is 4.79 Å². The Labute approximate surface area is 147 Å². The Balaban J connectivity index is 0.00000156. The van der Waals surface area contributed by atoms with Crippen LogP contribution in [0.25, 0.3) is 0 Å². The lowest BCUT2D eigenvalue weighted by atomic mass is 9.93. The second-order valence-electron chi connectivity index (χ2n) is 6.84. The van der Waals surface area contributed by atoms with E-state index in [1.165, 1.54) is 30.6 Å². The molecule has 0 radical (unpaired) electrons. The van der Waals surface area contributed by atoms with E-state index in [9.17, 15) is 4.79 Å². The maximum Gasteiger partial charge on any atom is 0.252 e. The van der Waals surface area contributed by atoms with Crippen molar-refractivity contribution in [1.82, 2.24) is 10.6 Å². The van der Waals surface area contributed by atoms with Crippen molar-refractivity contribution in [2.24, 2.45) is 0 Å². The van der Waals surface area contributed by atoms with Crippen LogP contribution < -0.4 is 10.6 Å². The summed E-state index contributed by atoms with van der Waals surface area (Å²) in [5, 5.41) is 8.89. The lowest BCUT2D eigenvalue weighted by Crippen LogP contribution is -2.38. The van der Waals surface area contributed by atoms with Crippen LogP contribution in [-0.2, 0) is 4.74 Å². The highest BCUT2D eigenvalue weighted by molar-refractivity contribution is 7.10. The van der Waals surface area contributed by atoms with Gasteiger partial charge in [-0.15, -0.1) is 23.7 Å². The molecule has 128 valence electrons. The molecule has 2 aliphatic carbocycles. The zero-order valence-electron chi connectivity index (χ0n) is 13.3. The molecule has 3 aliphatic rings. The molecule has 0 aromatic carbocycles.